The summed E-state index contributed by atoms with van der Waals surface area (Å²) in [5, 5.41) is 0. The molecule has 21 heavy (non-hydrogen) atoms. The number of aryl methyl sites for hydroxylation is 1. The van der Waals surface area contributed by atoms with Gasteiger partial charge in [-0.15, -0.1) is 0 Å². The van der Waals surface area contributed by atoms with Crippen LogP contribution in [-0.4, -0.2) is 50.6 Å². The molecule has 0 saturated carbocycles. The van der Waals surface area contributed by atoms with Gasteiger partial charge in [0.05, 0.1) is 31.4 Å². The molecule has 1 unspecified atom stereocenters. The highest BCUT2D eigenvalue weighted by Crippen LogP contribution is 2.28. The fourth-order valence-corrected chi connectivity index (χ4v) is 2.79. The van der Waals surface area contributed by atoms with Crippen LogP contribution in [0.3, 0.4) is 0 Å². The molecule has 1 amide bonds. The largest absolute Gasteiger partial charge is 0.384 e. The van der Waals surface area contributed by atoms with Crippen molar-refractivity contribution in [2.45, 2.75) is 12.5 Å². The first-order chi connectivity index (χ1) is 10.2. The topological polar surface area (TPSA) is 73.1 Å². The van der Waals surface area contributed by atoms with Gasteiger partial charge in [-0.05, 0) is 0 Å². The number of carbonyl (C=O) groups is 1. The van der Waals surface area contributed by atoms with Gasteiger partial charge >= 0.3 is 0 Å². The van der Waals surface area contributed by atoms with Crippen LogP contribution < -0.4 is 0 Å². The lowest BCUT2D eigenvalue weighted by molar-refractivity contribution is 0.0667. The van der Waals surface area contributed by atoms with Gasteiger partial charge in [0.15, 0.2) is 0 Å². The number of methoxy groups -OCH3 is 1. The Hall–Kier alpha value is -2.28. The molecule has 0 spiro atoms. The second kappa shape index (κ2) is 5.61. The van der Waals surface area contributed by atoms with Gasteiger partial charge in [-0.1, -0.05) is 0 Å². The summed E-state index contributed by atoms with van der Waals surface area (Å²) in [6.07, 6.45) is 6.35. The second-order valence-corrected chi connectivity index (χ2v) is 5.12. The van der Waals surface area contributed by atoms with E-state index in [1.807, 2.05) is 11.6 Å². The van der Waals surface area contributed by atoms with E-state index < -0.39 is 0 Å². The predicted molar refractivity (Wildman–Crippen MR) is 74.6 cm³/mol. The number of amides is 1. The van der Waals surface area contributed by atoms with Gasteiger partial charge in [0.2, 0.25) is 0 Å². The first-order valence-electron chi connectivity index (χ1n) is 6.75. The first-order valence-corrected chi connectivity index (χ1v) is 6.75. The van der Waals surface area contributed by atoms with E-state index in [-0.39, 0.29) is 11.8 Å². The lowest BCUT2D eigenvalue weighted by Crippen LogP contribution is -2.40. The van der Waals surface area contributed by atoms with Crippen LogP contribution in [0.2, 0.25) is 0 Å². The molecule has 110 valence electrons. The van der Waals surface area contributed by atoms with Gasteiger partial charge in [0.1, 0.15) is 5.69 Å². The zero-order chi connectivity index (χ0) is 14.8. The van der Waals surface area contributed by atoms with Crippen molar-refractivity contribution in [2.75, 3.05) is 20.3 Å². The van der Waals surface area contributed by atoms with Crippen LogP contribution >= 0.6 is 0 Å². The molecule has 1 aliphatic heterocycles. The Bertz CT molecular complexity index is 640. The van der Waals surface area contributed by atoms with Crippen molar-refractivity contribution in [3.63, 3.8) is 0 Å². The molecule has 3 rings (SSSR count). The fraction of sp³-hybridized carbons (Fsp3) is 0.429. The summed E-state index contributed by atoms with van der Waals surface area (Å²) in [6.45, 7) is 1.64. The van der Waals surface area contributed by atoms with Crippen LogP contribution in [0.4, 0.5) is 0 Å². The Morgan fingerprint density at radius 3 is 3.00 bits per heavy atom. The highest BCUT2D eigenvalue weighted by atomic mass is 16.5. The van der Waals surface area contributed by atoms with Crippen molar-refractivity contribution in [1.82, 2.24) is 24.4 Å². The molecule has 0 saturated heterocycles. The highest BCUT2D eigenvalue weighted by Gasteiger charge is 2.32. The minimum atomic E-state index is -0.125. The minimum absolute atomic E-state index is 0.117. The number of hydrogen-bond donors (Lipinski definition) is 0. The fourth-order valence-electron chi connectivity index (χ4n) is 2.79. The van der Waals surface area contributed by atoms with Crippen molar-refractivity contribution in [3.05, 3.63) is 42.0 Å². The maximum absolute atomic E-state index is 12.5. The summed E-state index contributed by atoms with van der Waals surface area (Å²) in [7, 11) is 3.63. The Labute approximate surface area is 122 Å². The van der Waals surface area contributed by atoms with Crippen LogP contribution in [0.25, 0.3) is 0 Å². The van der Waals surface area contributed by atoms with Crippen LogP contribution in [0.5, 0.6) is 0 Å². The Morgan fingerprint density at radius 1 is 1.43 bits per heavy atom. The quantitative estimate of drug-likeness (QED) is 0.826. The number of carbonyl (C=O) groups excluding carboxylic acids is 1. The standard InChI is InChI=1S/C14H17N5O2/c1-18-9-17-12-7-19(6-10(8-21-2)13(12)18)14(20)11-5-15-3-4-16-11/h3-5,9-10H,6-8H2,1-2H3. The zero-order valence-corrected chi connectivity index (χ0v) is 12.1. The number of rotatable bonds is 3. The molecular formula is C14H17N5O2. The van der Waals surface area contributed by atoms with E-state index in [1.54, 1.807) is 24.5 Å². The first kappa shape index (κ1) is 13.7. The van der Waals surface area contributed by atoms with E-state index >= 15 is 0 Å². The number of hydrogen-bond acceptors (Lipinski definition) is 5. The number of imidazole rings is 1. The van der Waals surface area contributed by atoms with Gasteiger partial charge < -0.3 is 14.2 Å². The van der Waals surface area contributed by atoms with Crippen LogP contribution in [0, 0.1) is 0 Å². The van der Waals surface area contributed by atoms with Crippen molar-refractivity contribution in [3.8, 4) is 0 Å². The molecule has 0 aromatic carbocycles. The Morgan fingerprint density at radius 2 is 2.29 bits per heavy atom. The van der Waals surface area contributed by atoms with Gasteiger partial charge in [0.25, 0.3) is 5.91 Å². The Kier molecular flexibility index (Phi) is 3.66. The maximum atomic E-state index is 12.5. The molecule has 7 heteroatoms. The SMILES string of the molecule is COCC1CN(C(=O)c2cnccn2)Cc2ncn(C)c21. The number of nitrogens with zero attached hydrogens (tertiary/aromatic N) is 5. The van der Waals surface area contributed by atoms with Gasteiger partial charge in [-0.25, -0.2) is 9.97 Å². The summed E-state index contributed by atoms with van der Waals surface area (Å²) >= 11 is 0. The molecule has 1 atom stereocenters. The molecule has 0 bridgehead atoms. The average Bonchev–Trinajstić information content (AvgIpc) is 2.89. The molecule has 1 aliphatic rings. The smallest absolute Gasteiger partial charge is 0.274 e. The molecule has 0 N–H and O–H groups in total. The van der Waals surface area contributed by atoms with Crippen LogP contribution in [0.15, 0.2) is 24.9 Å². The summed E-state index contributed by atoms with van der Waals surface area (Å²) in [5.74, 6) is -0.00706. The summed E-state index contributed by atoms with van der Waals surface area (Å²) in [6, 6.07) is 0. The summed E-state index contributed by atoms with van der Waals surface area (Å²) in [5.41, 5.74) is 2.41. The zero-order valence-electron chi connectivity index (χ0n) is 12.1. The van der Waals surface area contributed by atoms with Crippen molar-refractivity contribution < 1.29 is 9.53 Å². The third kappa shape index (κ3) is 2.52. The normalized spacial score (nSPS) is 17.6. The van der Waals surface area contributed by atoms with E-state index in [2.05, 4.69) is 15.0 Å². The molecule has 3 heterocycles. The van der Waals surface area contributed by atoms with Gasteiger partial charge in [0, 0.05) is 44.7 Å². The van der Waals surface area contributed by atoms with Crippen LogP contribution in [0.1, 0.15) is 27.8 Å². The van der Waals surface area contributed by atoms with Crippen LogP contribution in [-0.2, 0) is 18.3 Å². The average molecular weight is 287 g/mol. The third-order valence-electron chi connectivity index (χ3n) is 3.67. The number of ether oxygens (including phenoxy) is 1. The Balaban J connectivity index is 1.88. The molecule has 0 aliphatic carbocycles. The molecule has 0 fully saturated rings. The van der Waals surface area contributed by atoms with E-state index in [0.717, 1.165) is 11.4 Å². The molecule has 2 aromatic rings. The number of fused-ring (bicyclic) bond motifs is 1. The molecule has 7 nitrogen and oxygen atoms in total. The maximum Gasteiger partial charge on any atom is 0.274 e. The van der Waals surface area contributed by atoms with E-state index in [0.29, 0.717) is 25.4 Å². The van der Waals surface area contributed by atoms with E-state index in [1.165, 1.54) is 12.4 Å². The minimum Gasteiger partial charge on any atom is -0.384 e. The summed E-state index contributed by atoms with van der Waals surface area (Å²) < 4.78 is 7.29. The third-order valence-corrected chi connectivity index (χ3v) is 3.67. The molecule has 2 aromatic heterocycles. The number of aromatic nitrogens is 4. The highest BCUT2D eigenvalue weighted by molar-refractivity contribution is 5.92. The molecule has 0 radical (unpaired) electrons. The lowest BCUT2D eigenvalue weighted by Gasteiger charge is -2.32. The van der Waals surface area contributed by atoms with Gasteiger partial charge in [-0.3, -0.25) is 9.78 Å². The lowest BCUT2D eigenvalue weighted by atomic mass is 9.98. The van der Waals surface area contributed by atoms with Crippen molar-refractivity contribution in [1.29, 1.82) is 0 Å². The second-order valence-electron chi connectivity index (χ2n) is 5.12. The van der Waals surface area contributed by atoms with Crippen molar-refractivity contribution >= 4 is 5.91 Å². The van der Waals surface area contributed by atoms with Crippen molar-refractivity contribution in [2.24, 2.45) is 7.05 Å². The monoisotopic (exact) mass is 287 g/mol. The molecular weight excluding hydrogens is 270 g/mol. The van der Waals surface area contributed by atoms with Gasteiger partial charge in [-0.2, -0.15) is 0 Å². The predicted octanol–water partition coefficient (Wildman–Crippen LogP) is 0.596. The van der Waals surface area contributed by atoms with E-state index in [9.17, 15) is 4.79 Å². The summed E-state index contributed by atoms with van der Waals surface area (Å²) in [4.78, 5) is 26.7. The van der Waals surface area contributed by atoms with E-state index in [4.69, 9.17) is 4.74 Å².